The minimum Gasteiger partial charge on any atom is -0.376 e. The van der Waals surface area contributed by atoms with Gasteiger partial charge in [-0.25, -0.2) is 0 Å². The molecule has 2 N–H and O–H groups in total. The molecule has 6 aromatic rings. The number of rotatable bonds is 0. The highest BCUT2D eigenvalue weighted by Crippen LogP contribution is 2.43. The van der Waals surface area contributed by atoms with Crippen LogP contribution in [0.2, 0.25) is 0 Å². The molecule has 2 atom stereocenters. The quantitative estimate of drug-likeness (QED) is 0.158. The molecule has 1 aliphatic heterocycles. The summed E-state index contributed by atoms with van der Waals surface area (Å²) in [6.45, 7) is 4.17. The molecule has 0 aromatic heterocycles. The second-order valence-corrected chi connectivity index (χ2v) is 16.1. The average molecular weight is 663 g/mol. The number of thioether (sulfide) groups is 1. The van der Waals surface area contributed by atoms with Gasteiger partial charge in [-0.05, 0) is 100 Å². The van der Waals surface area contributed by atoms with Crippen LogP contribution < -0.4 is 0 Å². The average Bonchev–Trinajstić information content (AvgIpc) is 3.06. The summed E-state index contributed by atoms with van der Waals surface area (Å²) in [5.41, 5.74) is 5.43. The van der Waals surface area contributed by atoms with Crippen molar-refractivity contribution in [2.24, 2.45) is 0 Å². The lowest BCUT2D eigenvalue weighted by Gasteiger charge is -2.26. The number of hydrogen-bond donors (Lipinski definition) is 2. The lowest BCUT2D eigenvalue weighted by molar-refractivity contribution is -0.198. The lowest BCUT2D eigenvalue weighted by atomic mass is 9.96. The Kier molecular flexibility index (Phi) is 9.12. The fourth-order valence-corrected chi connectivity index (χ4v) is 9.67. The molecule has 0 radical (unpaired) electrons. The molecule has 8 bridgehead atoms. The third-order valence-electron chi connectivity index (χ3n) is 8.99. The number of fused-ring (bicyclic) bond motifs is 5. The monoisotopic (exact) mass is 662 g/mol. The smallest absolute Gasteiger partial charge is 0.189 e. The highest BCUT2D eigenvalue weighted by atomic mass is 33.1. The van der Waals surface area contributed by atoms with Crippen LogP contribution in [0.3, 0.4) is 0 Å². The minimum absolute atomic E-state index is 0.473. The highest BCUT2D eigenvalue weighted by molar-refractivity contribution is 8.76. The Hall–Kier alpha value is -2.97. The Morgan fingerprint density at radius 3 is 2.24 bits per heavy atom. The maximum absolute atomic E-state index is 11.9. The van der Waals surface area contributed by atoms with E-state index in [1.807, 2.05) is 25.1 Å². The summed E-state index contributed by atoms with van der Waals surface area (Å²) in [6, 6.07) is 38.4. The lowest BCUT2D eigenvalue weighted by Crippen LogP contribution is -2.26. The van der Waals surface area contributed by atoms with Gasteiger partial charge in [-0.3, -0.25) is 0 Å². The second kappa shape index (κ2) is 13.3. The summed E-state index contributed by atoms with van der Waals surface area (Å²) in [4.78, 5) is 0.0747. The standard InChI is InChI=1S/C40H38O3S3/c1-39(41)38-23-27(22-30-11-3-4-15-35(30)38)25-45-46-32-20-19-29-13-9-18-37(36(29)24-32)40(2,42)44-26-31-14-8-16-33-28(10-5-6-21-43-39)12-7-17-34(31)33/h3-4,7-9,11-20,22-24,41-42H,5-6,10,21,25-26H2,1-2H3/t39?,40-/m0/s1. The first kappa shape index (κ1) is 31.6. The molecule has 0 spiro atoms. The molecule has 6 aromatic carbocycles. The SMILES string of the molecule is CC1(O)OCCCCc2cccc3c(cccc23)CS[C@](C)(O)c2cccc3ccc(cc23)SSCc2cc1c1ccccc1c2. The number of hydrogen-bond acceptors (Lipinski definition) is 6. The van der Waals surface area contributed by atoms with Crippen LogP contribution in [0, 0.1) is 0 Å². The Labute approximate surface area is 283 Å². The zero-order valence-electron chi connectivity index (χ0n) is 26.2. The molecule has 1 unspecified atom stereocenters. The van der Waals surface area contributed by atoms with Gasteiger partial charge < -0.3 is 14.9 Å². The predicted molar refractivity (Wildman–Crippen MR) is 198 cm³/mol. The summed E-state index contributed by atoms with van der Waals surface area (Å²) in [7, 11) is 3.51. The maximum Gasteiger partial charge on any atom is 0.189 e. The number of aryl methyl sites for hydroxylation is 1. The topological polar surface area (TPSA) is 49.7 Å². The largest absolute Gasteiger partial charge is 0.376 e. The zero-order valence-corrected chi connectivity index (χ0v) is 28.6. The van der Waals surface area contributed by atoms with Gasteiger partial charge in [-0.15, -0.1) is 11.8 Å². The Balaban J connectivity index is 1.27. The minimum atomic E-state index is -1.40. The number of benzene rings is 6. The highest BCUT2D eigenvalue weighted by Gasteiger charge is 2.28. The Bertz CT molecular complexity index is 2030. The van der Waals surface area contributed by atoms with E-state index < -0.39 is 10.7 Å². The molecule has 234 valence electrons. The molecule has 46 heavy (non-hydrogen) atoms. The third-order valence-corrected chi connectivity index (χ3v) is 12.5. The van der Waals surface area contributed by atoms with Crippen molar-refractivity contribution in [1.29, 1.82) is 0 Å². The second-order valence-electron chi connectivity index (χ2n) is 12.4. The summed E-state index contributed by atoms with van der Waals surface area (Å²) >= 11 is 1.58. The third kappa shape index (κ3) is 6.57. The van der Waals surface area contributed by atoms with Crippen LogP contribution in [0.1, 0.15) is 54.5 Å². The van der Waals surface area contributed by atoms with Crippen molar-refractivity contribution in [3.05, 3.63) is 137 Å². The fourth-order valence-electron chi connectivity index (χ4n) is 6.56. The van der Waals surface area contributed by atoms with Crippen LogP contribution >= 0.6 is 33.3 Å². The van der Waals surface area contributed by atoms with Crippen LogP contribution in [0.5, 0.6) is 0 Å². The van der Waals surface area contributed by atoms with Gasteiger partial charge in [0, 0.05) is 27.5 Å². The maximum atomic E-state index is 11.9. The van der Waals surface area contributed by atoms with Crippen molar-refractivity contribution in [3.8, 4) is 0 Å². The first-order chi connectivity index (χ1) is 22.3. The van der Waals surface area contributed by atoms with Gasteiger partial charge in [0.25, 0.3) is 0 Å². The first-order valence-corrected chi connectivity index (χ1v) is 19.2. The molecule has 0 amide bonds. The first-order valence-electron chi connectivity index (χ1n) is 15.9. The number of aliphatic hydroxyl groups is 2. The van der Waals surface area contributed by atoms with Crippen molar-refractivity contribution in [1.82, 2.24) is 0 Å². The van der Waals surface area contributed by atoms with Crippen LogP contribution in [0.15, 0.2) is 114 Å². The summed E-state index contributed by atoms with van der Waals surface area (Å²) in [5, 5.41) is 30.4. The van der Waals surface area contributed by atoms with E-state index in [1.165, 1.54) is 21.9 Å². The van der Waals surface area contributed by atoms with Gasteiger partial charge in [-0.2, -0.15) is 0 Å². The molecule has 0 saturated carbocycles. The molecule has 0 fully saturated rings. The van der Waals surface area contributed by atoms with E-state index in [-0.39, 0.29) is 0 Å². The van der Waals surface area contributed by atoms with Crippen LogP contribution in [-0.2, 0) is 33.4 Å². The van der Waals surface area contributed by atoms with Crippen molar-refractivity contribution in [2.45, 2.75) is 60.2 Å². The molecular formula is C40H38O3S3. The van der Waals surface area contributed by atoms with Crippen molar-refractivity contribution in [3.63, 3.8) is 0 Å². The molecule has 1 heterocycles. The normalized spacial score (nSPS) is 21.7. The molecule has 6 heteroatoms. The van der Waals surface area contributed by atoms with E-state index >= 15 is 0 Å². The molecule has 1 aliphatic rings. The summed E-state index contributed by atoms with van der Waals surface area (Å²) in [6.07, 6.45) is 2.74. The van der Waals surface area contributed by atoms with Crippen molar-refractivity contribution >= 4 is 65.7 Å². The zero-order chi connectivity index (χ0) is 31.7. The fraction of sp³-hybridized carbons (Fsp3) is 0.250. The van der Waals surface area contributed by atoms with Gasteiger partial charge >= 0.3 is 0 Å². The van der Waals surface area contributed by atoms with Crippen molar-refractivity contribution in [2.75, 3.05) is 6.61 Å². The molecule has 0 saturated heterocycles. The molecule has 3 nitrogen and oxygen atoms in total. The van der Waals surface area contributed by atoms with E-state index in [0.29, 0.717) is 12.4 Å². The Morgan fingerprint density at radius 1 is 0.630 bits per heavy atom. The van der Waals surface area contributed by atoms with E-state index in [9.17, 15) is 10.2 Å². The van der Waals surface area contributed by atoms with E-state index in [2.05, 4.69) is 91.0 Å². The Morgan fingerprint density at radius 2 is 1.37 bits per heavy atom. The van der Waals surface area contributed by atoms with Gasteiger partial charge in [0.2, 0.25) is 0 Å². The molecular weight excluding hydrogens is 625 g/mol. The van der Waals surface area contributed by atoms with Crippen LogP contribution in [0.4, 0.5) is 0 Å². The summed E-state index contributed by atoms with van der Waals surface area (Å²) in [5.74, 6) is 0.0698. The summed E-state index contributed by atoms with van der Waals surface area (Å²) < 4.78 is 6.21. The van der Waals surface area contributed by atoms with Crippen LogP contribution in [-0.4, -0.2) is 16.8 Å². The molecule has 7 rings (SSSR count). The van der Waals surface area contributed by atoms with Crippen LogP contribution in [0.25, 0.3) is 32.3 Å². The number of ether oxygens (including phenoxy) is 1. The van der Waals surface area contributed by atoms with Gasteiger partial charge in [-0.1, -0.05) is 113 Å². The van der Waals surface area contributed by atoms with Gasteiger partial charge in [0.15, 0.2) is 5.79 Å². The van der Waals surface area contributed by atoms with Crippen molar-refractivity contribution < 1.29 is 14.9 Å². The van der Waals surface area contributed by atoms with E-state index in [4.69, 9.17) is 4.74 Å². The molecule has 0 aliphatic carbocycles. The van der Waals surface area contributed by atoms with E-state index in [1.54, 1.807) is 40.3 Å². The van der Waals surface area contributed by atoms with Gasteiger partial charge in [0.1, 0.15) is 4.93 Å². The van der Waals surface area contributed by atoms with Gasteiger partial charge in [0.05, 0.1) is 6.61 Å². The predicted octanol–water partition coefficient (Wildman–Crippen LogP) is 10.7. The van der Waals surface area contributed by atoms with E-state index in [0.717, 1.165) is 68.1 Å².